The fourth-order valence-electron chi connectivity index (χ4n) is 2.33. The Morgan fingerprint density at radius 3 is 2.74 bits per heavy atom. The van der Waals surface area contributed by atoms with Crippen LogP contribution in [0.4, 0.5) is 0 Å². The summed E-state index contributed by atoms with van der Waals surface area (Å²) in [6.07, 6.45) is -0.536. The SMILES string of the molecule is COCCN(Cc1cccs1)C[C@@H](O)COc1ccccc1C. The molecule has 0 aliphatic rings. The first-order chi connectivity index (χ1) is 11.2. The average molecular weight is 335 g/mol. The van der Waals surface area contributed by atoms with E-state index in [1.165, 1.54) is 4.88 Å². The van der Waals surface area contributed by atoms with Crippen LogP contribution >= 0.6 is 11.3 Å². The maximum atomic E-state index is 10.3. The Morgan fingerprint density at radius 1 is 1.22 bits per heavy atom. The van der Waals surface area contributed by atoms with Crippen molar-refractivity contribution in [1.82, 2.24) is 4.90 Å². The van der Waals surface area contributed by atoms with E-state index in [0.29, 0.717) is 19.8 Å². The number of ether oxygens (including phenoxy) is 2. The summed E-state index contributed by atoms with van der Waals surface area (Å²) in [5.41, 5.74) is 1.08. The topological polar surface area (TPSA) is 41.9 Å². The molecule has 1 aromatic heterocycles. The van der Waals surface area contributed by atoms with Crippen molar-refractivity contribution in [3.8, 4) is 5.75 Å². The van der Waals surface area contributed by atoms with E-state index in [4.69, 9.17) is 9.47 Å². The van der Waals surface area contributed by atoms with Crippen molar-refractivity contribution in [2.75, 3.05) is 33.4 Å². The molecule has 0 aliphatic heterocycles. The predicted octanol–water partition coefficient (Wildman–Crippen LogP) is 2.94. The standard InChI is InChI=1S/C18H25NO3S/c1-15-6-3-4-8-18(15)22-14-16(20)12-19(9-10-21-2)13-17-7-5-11-23-17/h3-8,11,16,20H,9-10,12-14H2,1-2H3/t16-/m1/s1. The van der Waals surface area contributed by atoms with Crippen LogP contribution in [-0.2, 0) is 11.3 Å². The van der Waals surface area contributed by atoms with E-state index in [0.717, 1.165) is 24.4 Å². The number of hydrogen-bond acceptors (Lipinski definition) is 5. The number of benzene rings is 1. The Morgan fingerprint density at radius 2 is 2.04 bits per heavy atom. The molecule has 2 rings (SSSR count). The summed E-state index contributed by atoms with van der Waals surface area (Å²) in [5, 5.41) is 12.4. The molecule has 0 bridgehead atoms. The second-order valence-electron chi connectivity index (χ2n) is 5.54. The Balaban J connectivity index is 1.83. The lowest BCUT2D eigenvalue weighted by Gasteiger charge is -2.24. The molecule has 5 heteroatoms. The van der Waals surface area contributed by atoms with E-state index in [2.05, 4.69) is 16.3 Å². The zero-order chi connectivity index (χ0) is 16.5. The number of aliphatic hydroxyl groups excluding tert-OH is 1. The van der Waals surface area contributed by atoms with Crippen LogP contribution in [0, 0.1) is 6.92 Å². The Hall–Kier alpha value is -1.40. The lowest BCUT2D eigenvalue weighted by atomic mass is 10.2. The zero-order valence-electron chi connectivity index (χ0n) is 13.8. The van der Waals surface area contributed by atoms with Crippen molar-refractivity contribution >= 4 is 11.3 Å². The summed E-state index contributed by atoms with van der Waals surface area (Å²) in [5.74, 6) is 0.827. The molecule has 126 valence electrons. The molecule has 0 aliphatic carbocycles. The van der Waals surface area contributed by atoms with Crippen molar-refractivity contribution in [1.29, 1.82) is 0 Å². The first-order valence-electron chi connectivity index (χ1n) is 7.79. The second-order valence-corrected chi connectivity index (χ2v) is 6.57. The largest absolute Gasteiger partial charge is 0.491 e. The third kappa shape index (κ3) is 6.31. The van der Waals surface area contributed by atoms with Gasteiger partial charge in [-0.2, -0.15) is 0 Å². The number of thiophene rings is 1. The number of aliphatic hydroxyl groups is 1. The van der Waals surface area contributed by atoms with Gasteiger partial charge < -0.3 is 14.6 Å². The highest BCUT2D eigenvalue weighted by Crippen LogP contribution is 2.17. The van der Waals surface area contributed by atoms with Crippen molar-refractivity contribution in [3.63, 3.8) is 0 Å². The molecular formula is C18H25NO3S. The number of hydrogen-bond donors (Lipinski definition) is 1. The molecule has 1 N–H and O–H groups in total. The molecule has 0 saturated heterocycles. The average Bonchev–Trinajstić information content (AvgIpc) is 3.05. The minimum Gasteiger partial charge on any atom is -0.491 e. The van der Waals surface area contributed by atoms with Gasteiger partial charge in [-0.15, -0.1) is 11.3 Å². The fourth-order valence-corrected chi connectivity index (χ4v) is 3.08. The van der Waals surface area contributed by atoms with Crippen LogP contribution in [0.3, 0.4) is 0 Å². The van der Waals surface area contributed by atoms with Gasteiger partial charge in [-0.3, -0.25) is 4.90 Å². The minimum atomic E-state index is -0.536. The quantitative estimate of drug-likeness (QED) is 0.725. The fraction of sp³-hybridized carbons (Fsp3) is 0.444. The molecule has 0 saturated carbocycles. The highest BCUT2D eigenvalue weighted by molar-refractivity contribution is 7.09. The third-order valence-corrected chi connectivity index (χ3v) is 4.43. The van der Waals surface area contributed by atoms with Crippen molar-refractivity contribution < 1.29 is 14.6 Å². The first kappa shape index (κ1) is 17.9. The van der Waals surface area contributed by atoms with Crippen LogP contribution in [0.1, 0.15) is 10.4 Å². The van der Waals surface area contributed by atoms with E-state index in [1.807, 2.05) is 37.3 Å². The molecule has 0 amide bonds. The highest BCUT2D eigenvalue weighted by Gasteiger charge is 2.14. The number of methoxy groups -OCH3 is 1. The zero-order valence-corrected chi connectivity index (χ0v) is 14.6. The number of rotatable bonds is 10. The van der Waals surface area contributed by atoms with Crippen LogP contribution in [0.5, 0.6) is 5.75 Å². The van der Waals surface area contributed by atoms with Gasteiger partial charge in [-0.05, 0) is 30.0 Å². The van der Waals surface area contributed by atoms with Crippen LogP contribution in [0.2, 0.25) is 0 Å². The van der Waals surface area contributed by atoms with Gasteiger partial charge in [-0.1, -0.05) is 24.3 Å². The maximum absolute atomic E-state index is 10.3. The van der Waals surface area contributed by atoms with E-state index < -0.39 is 6.10 Å². The van der Waals surface area contributed by atoms with Crippen molar-refractivity contribution in [2.45, 2.75) is 19.6 Å². The monoisotopic (exact) mass is 335 g/mol. The molecular weight excluding hydrogens is 310 g/mol. The lowest BCUT2D eigenvalue weighted by molar-refractivity contribution is 0.0544. The molecule has 0 fully saturated rings. The van der Waals surface area contributed by atoms with Gasteiger partial charge >= 0.3 is 0 Å². The molecule has 1 heterocycles. The van der Waals surface area contributed by atoms with Crippen LogP contribution in [0.25, 0.3) is 0 Å². The lowest BCUT2D eigenvalue weighted by Crippen LogP contribution is -2.37. The van der Waals surface area contributed by atoms with Gasteiger partial charge in [-0.25, -0.2) is 0 Å². The smallest absolute Gasteiger partial charge is 0.122 e. The number of nitrogens with zero attached hydrogens (tertiary/aromatic N) is 1. The molecule has 1 atom stereocenters. The number of para-hydroxylation sites is 1. The van der Waals surface area contributed by atoms with E-state index in [1.54, 1.807) is 18.4 Å². The van der Waals surface area contributed by atoms with Gasteiger partial charge in [0.1, 0.15) is 18.5 Å². The third-order valence-electron chi connectivity index (χ3n) is 3.56. The van der Waals surface area contributed by atoms with Gasteiger partial charge in [0.15, 0.2) is 0 Å². The first-order valence-corrected chi connectivity index (χ1v) is 8.67. The van der Waals surface area contributed by atoms with E-state index in [9.17, 15) is 5.11 Å². The highest BCUT2D eigenvalue weighted by atomic mass is 32.1. The molecule has 2 aromatic rings. The predicted molar refractivity (Wildman–Crippen MR) is 94.2 cm³/mol. The Kier molecular flexibility index (Phi) is 7.55. The summed E-state index contributed by atoms with van der Waals surface area (Å²) in [7, 11) is 1.70. The maximum Gasteiger partial charge on any atom is 0.122 e. The van der Waals surface area contributed by atoms with Crippen molar-refractivity contribution in [2.24, 2.45) is 0 Å². The molecule has 4 nitrogen and oxygen atoms in total. The Bertz CT molecular complexity index is 559. The molecule has 1 aromatic carbocycles. The summed E-state index contributed by atoms with van der Waals surface area (Å²) in [6, 6.07) is 12.0. The summed E-state index contributed by atoms with van der Waals surface area (Å²) in [6.45, 7) is 5.12. The molecule has 0 unspecified atom stereocenters. The second kappa shape index (κ2) is 9.67. The van der Waals surface area contributed by atoms with Gasteiger partial charge in [0.25, 0.3) is 0 Å². The summed E-state index contributed by atoms with van der Waals surface area (Å²) in [4.78, 5) is 3.48. The summed E-state index contributed by atoms with van der Waals surface area (Å²) < 4.78 is 10.9. The van der Waals surface area contributed by atoms with Crippen LogP contribution < -0.4 is 4.74 Å². The molecule has 23 heavy (non-hydrogen) atoms. The molecule has 0 radical (unpaired) electrons. The van der Waals surface area contributed by atoms with Crippen LogP contribution in [0.15, 0.2) is 41.8 Å². The summed E-state index contributed by atoms with van der Waals surface area (Å²) >= 11 is 1.73. The normalized spacial score (nSPS) is 12.5. The van der Waals surface area contributed by atoms with Crippen LogP contribution in [-0.4, -0.2) is 49.5 Å². The van der Waals surface area contributed by atoms with E-state index in [-0.39, 0.29) is 0 Å². The van der Waals surface area contributed by atoms with Gasteiger partial charge in [0, 0.05) is 31.6 Å². The van der Waals surface area contributed by atoms with Crippen molar-refractivity contribution in [3.05, 3.63) is 52.2 Å². The Labute approximate surface area is 142 Å². The van der Waals surface area contributed by atoms with Gasteiger partial charge in [0.05, 0.1) is 6.61 Å². The minimum absolute atomic E-state index is 0.290. The van der Waals surface area contributed by atoms with Gasteiger partial charge in [0.2, 0.25) is 0 Å². The molecule has 0 spiro atoms. The number of aryl methyl sites for hydroxylation is 1. The van der Waals surface area contributed by atoms with E-state index >= 15 is 0 Å².